The van der Waals surface area contributed by atoms with Gasteiger partial charge in [-0.25, -0.2) is 0 Å². The number of aryl methyl sites for hydroxylation is 2. The highest BCUT2D eigenvalue weighted by Gasteiger charge is 2.37. The lowest BCUT2D eigenvalue weighted by atomic mass is 10.1. The van der Waals surface area contributed by atoms with Crippen molar-refractivity contribution in [3.63, 3.8) is 0 Å². The van der Waals surface area contributed by atoms with Crippen LogP contribution in [-0.4, -0.2) is 36.6 Å². The monoisotopic (exact) mass is 327 g/mol. The van der Waals surface area contributed by atoms with Crippen LogP contribution in [-0.2, 0) is 9.53 Å². The zero-order valence-electron chi connectivity index (χ0n) is 10.7. The number of rotatable bonds is 1. The highest BCUT2D eigenvalue weighted by molar-refractivity contribution is 9.10. The molecule has 2 saturated heterocycles. The van der Waals surface area contributed by atoms with Gasteiger partial charge in [0.1, 0.15) is 0 Å². The van der Waals surface area contributed by atoms with Gasteiger partial charge in [0.05, 0.1) is 18.8 Å². The Kier molecular flexibility index (Phi) is 6.01. The number of carbonyl (C=O) groups is 1. The van der Waals surface area contributed by atoms with Crippen molar-refractivity contribution in [1.82, 2.24) is 4.90 Å². The van der Waals surface area contributed by atoms with Crippen molar-refractivity contribution in [3.8, 4) is 0 Å². The summed E-state index contributed by atoms with van der Waals surface area (Å²) < 4.78 is 6.44. The molecule has 2 atom stereocenters. The van der Waals surface area contributed by atoms with Crippen LogP contribution < -0.4 is 0 Å². The summed E-state index contributed by atoms with van der Waals surface area (Å²) in [5.41, 5.74) is 2.68. The number of nitrogens with zero attached hydrogens (tertiary/aromatic N) is 1. The first-order valence-electron chi connectivity index (χ1n) is 6.15. The van der Waals surface area contributed by atoms with Gasteiger partial charge in [0.15, 0.2) is 0 Å². The van der Waals surface area contributed by atoms with Gasteiger partial charge in [-0.2, -0.15) is 0 Å². The molecule has 0 saturated carbocycles. The number of ether oxygens (including phenoxy) is 1. The van der Waals surface area contributed by atoms with Crippen molar-refractivity contribution in [2.45, 2.75) is 39.8 Å². The summed E-state index contributed by atoms with van der Waals surface area (Å²) in [4.78, 5) is 12.1. The first kappa shape index (κ1) is 16.2. The van der Waals surface area contributed by atoms with Crippen molar-refractivity contribution < 1.29 is 9.53 Å². The molecule has 0 aromatic heterocycles. The second-order valence-electron chi connectivity index (χ2n) is 4.88. The van der Waals surface area contributed by atoms with E-state index in [2.05, 4.69) is 48.0 Å². The SMILES string of the molecule is C.Cc1ccc(Br)cc1C.O=CN1CC2CC1CO2. The van der Waals surface area contributed by atoms with Crippen molar-refractivity contribution in [2.24, 2.45) is 0 Å². The van der Waals surface area contributed by atoms with Crippen LogP contribution in [0, 0.1) is 13.8 Å². The molecule has 2 bridgehead atoms. The molecule has 4 heteroatoms. The van der Waals surface area contributed by atoms with Crippen LogP contribution in [0.25, 0.3) is 0 Å². The molecule has 2 heterocycles. The first-order valence-corrected chi connectivity index (χ1v) is 6.95. The second-order valence-corrected chi connectivity index (χ2v) is 5.79. The van der Waals surface area contributed by atoms with E-state index in [1.54, 1.807) is 0 Å². The molecule has 2 unspecified atom stereocenters. The van der Waals surface area contributed by atoms with E-state index in [1.807, 2.05) is 4.90 Å². The van der Waals surface area contributed by atoms with Gasteiger partial charge in [-0.3, -0.25) is 4.79 Å². The summed E-state index contributed by atoms with van der Waals surface area (Å²) in [5.74, 6) is 0. The molecule has 106 valence electrons. The maximum absolute atomic E-state index is 10.3. The summed E-state index contributed by atoms with van der Waals surface area (Å²) in [6.45, 7) is 5.79. The molecule has 0 aliphatic carbocycles. The van der Waals surface area contributed by atoms with E-state index in [0.29, 0.717) is 12.1 Å². The number of carbonyl (C=O) groups excluding carboxylic acids is 1. The number of likely N-dealkylation sites (tertiary alicyclic amines) is 1. The minimum atomic E-state index is 0. The molecule has 1 amide bonds. The van der Waals surface area contributed by atoms with Crippen LogP contribution in [0.5, 0.6) is 0 Å². The lowest BCUT2D eigenvalue weighted by Crippen LogP contribution is -2.35. The number of hydrogen-bond acceptors (Lipinski definition) is 2. The Morgan fingerprint density at radius 2 is 2.11 bits per heavy atom. The third-order valence-electron chi connectivity index (χ3n) is 3.55. The quantitative estimate of drug-likeness (QED) is 0.740. The Morgan fingerprint density at radius 3 is 2.47 bits per heavy atom. The maximum Gasteiger partial charge on any atom is 0.210 e. The lowest BCUT2D eigenvalue weighted by molar-refractivity contribution is -0.122. The molecule has 1 aromatic carbocycles. The normalized spacial score (nSPS) is 23.4. The maximum atomic E-state index is 10.3. The Balaban J connectivity index is 0.000000180. The largest absolute Gasteiger partial charge is 0.374 e. The molecule has 19 heavy (non-hydrogen) atoms. The van der Waals surface area contributed by atoms with E-state index < -0.39 is 0 Å². The molecule has 2 fully saturated rings. The predicted octanol–water partition coefficient (Wildman–Crippen LogP) is 3.32. The number of halogens is 1. The predicted molar refractivity (Wildman–Crippen MR) is 81.3 cm³/mol. The van der Waals surface area contributed by atoms with E-state index in [4.69, 9.17) is 4.74 Å². The Morgan fingerprint density at radius 1 is 1.37 bits per heavy atom. The van der Waals surface area contributed by atoms with Crippen molar-refractivity contribution in [3.05, 3.63) is 33.8 Å². The number of fused-ring (bicyclic) bond motifs is 2. The van der Waals surface area contributed by atoms with Gasteiger partial charge in [0.25, 0.3) is 0 Å². The van der Waals surface area contributed by atoms with Gasteiger partial charge >= 0.3 is 0 Å². The fraction of sp³-hybridized carbons (Fsp3) is 0.533. The van der Waals surface area contributed by atoms with Gasteiger partial charge in [-0.05, 0) is 43.5 Å². The summed E-state index contributed by atoms with van der Waals surface area (Å²) in [6, 6.07) is 6.68. The van der Waals surface area contributed by atoms with Crippen molar-refractivity contribution in [2.75, 3.05) is 13.2 Å². The Labute approximate surface area is 124 Å². The number of morpholine rings is 1. The molecular formula is C15H22BrNO2. The van der Waals surface area contributed by atoms with Gasteiger partial charge in [0.2, 0.25) is 6.41 Å². The van der Waals surface area contributed by atoms with Gasteiger partial charge in [-0.15, -0.1) is 0 Å². The zero-order valence-corrected chi connectivity index (χ0v) is 12.3. The van der Waals surface area contributed by atoms with Crippen LogP contribution in [0.15, 0.2) is 22.7 Å². The van der Waals surface area contributed by atoms with E-state index in [-0.39, 0.29) is 7.43 Å². The molecule has 0 radical (unpaired) electrons. The van der Waals surface area contributed by atoms with Gasteiger partial charge in [-0.1, -0.05) is 29.4 Å². The van der Waals surface area contributed by atoms with E-state index >= 15 is 0 Å². The van der Waals surface area contributed by atoms with E-state index in [0.717, 1.165) is 30.5 Å². The molecular weight excluding hydrogens is 306 g/mol. The Bertz CT molecular complexity index is 436. The number of benzene rings is 1. The van der Waals surface area contributed by atoms with Crippen LogP contribution >= 0.6 is 15.9 Å². The molecule has 3 rings (SSSR count). The molecule has 3 nitrogen and oxygen atoms in total. The minimum absolute atomic E-state index is 0. The summed E-state index contributed by atoms with van der Waals surface area (Å²) >= 11 is 3.40. The van der Waals surface area contributed by atoms with Crippen LogP contribution in [0.1, 0.15) is 25.0 Å². The third kappa shape index (κ3) is 4.05. The molecule has 1 aromatic rings. The first-order chi connectivity index (χ1) is 8.60. The highest BCUT2D eigenvalue weighted by Crippen LogP contribution is 2.25. The van der Waals surface area contributed by atoms with Crippen LogP contribution in [0.2, 0.25) is 0 Å². The van der Waals surface area contributed by atoms with Gasteiger partial charge in [0, 0.05) is 11.0 Å². The fourth-order valence-electron chi connectivity index (χ4n) is 2.26. The number of hydrogen-bond donors (Lipinski definition) is 0. The molecule has 0 spiro atoms. The Hall–Kier alpha value is -0.870. The summed E-state index contributed by atoms with van der Waals surface area (Å²) in [7, 11) is 0. The van der Waals surface area contributed by atoms with E-state index in [9.17, 15) is 4.79 Å². The van der Waals surface area contributed by atoms with Crippen LogP contribution in [0.3, 0.4) is 0 Å². The molecule has 0 N–H and O–H groups in total. The average molecular weight is 328 g/mol. The topological polar surface area (TPSA) is 29.5 Å². The zero-order chi connectivity index (χ0) is 13.1. The lowest BCUT2D eigenvalue weighted by Gasteiger charge is -2.21. The number of amides is 1. The minimum Gasteiger partial charge on any atom is -0.374 e. The summed E-state index contributed by atoms with van der Waals surface area (Å²) in [6.07, 6.45) is 2.33. The molecule has 2 aliphatic heterocycles. The average Bonchev–Trinajstić information content (AvgIpc) is 2.97. The highest BCUT2D eigenvalue weighted by atomic mass is 79.9. The standard InChI is InChI=1S/C8H9Br.C6H9NO2.CH4/c1-6-3-4-8(9)5-7(6)2;8-4-7-2-6-1-5(7)3-9-6;/h3-5H,1-2H3;4-6H,1-3H2;1H4. The van der Waals surface area contributed by atoms with Crippen LogP contribution in [0.4, 0.5) is 0 Å². The van der Waals surface area contributed by atoms with Crippen molar-refractivity contribution in [1.29, 1.82) is 0 Å². The van der Waals surface area contributed by atoms with Gasteiger partial charge < -0.3 is 9.64 Å². The second kappa shape index (κ2) is 7.06. The van der Waals surface area contributed by atoms with E-state index in [1.165, 1.54) is 11.1 Å². The van der Waals surface area contributed by atoms with Crippen molar-refractivity contribution >= 4 is 22.3 Å². The summed E-state index contributed by atoms with van der Waals surface area (Å²) in [5, 5.41) is 0. The third-order valence-corrected chi connectivity index (χ3v) is 4.04. The molecule has 2 aliphatic rings. The smallest absolute Gasteiger partial charge is 0.210 e. The fourth-order valence-corrected chi connectivity index (χ4v) is 2.74.